The van der Waals surface area contributed by atoms with Crippen molar-refractivity contribution >= 4 is 15.5 Å². The maximum atomic E-state index is 11.8. The lowest BCUT2D eigenvalue weighted by Crippen LogP contribution is -2.47. The molecule has 1 heterocycles. The predicted octanol–water partition coefficient (Wildman–Crippen LogP) is 2.16. The summed E-state index contributed by atoms with van der Waals surface area (Å²) in [6, 6.07) is 6.35. The molecule has 1 aromatic carbocycles. The van der Waals surface area contributed by atoms with E-state index in [1.165, 1.54) is 12.1 Å². The molecule has 0 unspecified atom stereocenters. The molecule has 0 bridgehead atoms. The van der Waals surface area contributed by atoms with Crippen molar-refractivity contribution < 1.29 is 13.3 Å². The first-order valence-corrected chi connectivity index (χ1v) is 8.88. The molecule has 0 aliphatic carbocycles. The highest BCUT2D eigenvalue weighted by atomic mass is 32.2. The molecular weight excluding hydrogens is 304 g/mol. The summed E-state index contributed by atoms with van der Waals surface area (Å²) in [7, 11) is -2.99. The maximum Gasteiger partial charge on any atom is 0.269 e. The monoisotopic (exact) mass is 324 g/mol. The van der Waals surface area contributed by atoms with Crippen LogP contribution in [0.3, 0.4) is 0 Å². The third-order valence-electron chi connectivity index (χ3n) is 4.12. The van der Waals surface area contributed by atoms with E-state index in [4.69, 9.17) is 0 Å². The molecule has 0 saturated carbocycles. The Balaban J connectivity index is 2.18. The molecule has 22 heavy (non-hydrogen) atoms. The molecule has 0 N–H and O–H groups in total. The van der Waals surface area contributed by atoms with Gasteiger partial charge in [-0.1, -0.05) is 18.2 Å². The number of sulfone groups is 1. The molecule has 1 aliphatic heterocycles. The molecule has 120 valence electrons. The van der Waals surface area contributed by atoms with Crippen LogP contribution in [-0.4, -0.2) is 41.8 Å². The van der Waals surface area contributed by atoms with Crippen molar-refractivity contribution in [2.45, 2.75) is 25.4 Å². The summed E-state index contributed by atoms with van der Waals surface area (Å²) < 4.78 is 23.6. The van der Waals surface area contributed by atoms with Crippen molar-refractivity contribution in [2.24, 2.45) is 0 Å². The lowest BCUT2D eigenvalue weighted by Gasteiger charge is -2.37. The van der Waals surface area contributed by atoms with E-state index in [0.717, 1.165) is 5.56 Å². The highest BCUT2D eigenvalue weighted by Crippen LogP contribution is 2.31. The molecule has 6 nitrogen and oxygen atoms in total. The standard InChI is InChI=1S/C15H20N2O4S/c1-3-9-16(15(2)8-10-22(20,21)12-15)11-13-4-6-14(7-5-13)17(18)19/h3-7H,1,8-12H2,2H3/t15-/m0/s1. The van der Waals surface area contributed by atoms with Crippen LogP contribution in [0.1, 0.15) is 18.9 Å². The molecule has 0 amide bonds. The fraction of sp³-hybridized carbons (Fsp3) is 0.467. The van der Waals surface area contributed by atoms with E-state index in [-0.39, 0.29) is 17.2 Å². The number of benzene rings is 1. The first kappa shape index (κ1) is 16.6. The second-order valence-corrected chi connectivity index (χ2v) is 8.12. The van der Waals surface area contributed by atoms with E-state index in [1.807, 2.05) is 6.92 Å². The zero-order valence-electron chi connectivity index (χ0n) is 12.6. The zero-order valence-corrected chi connectivity index (χ0v) is 13.4. The number of nitrogens with zero attached hydrogens (tertiary/aromatic N) is 2. The van der Waals surface area contributed by atoms with Gasteiger partial charge in [0, 0.05) is 30.8 Å². The van der Waals surface area contributed by atoms with Crippen LogP contribution in [0.5, 0.6) is 0 Å². The van der Waals surface area contributed by atoms with E-state index < -0.39 is 20.3 Å². The fourth-order valence-corrected chi connectivity index (χ4v) is 4.99. The van der Waals surface area contributed by atoms with E-state index >= 15 is 0 Å². The Labute approximate surface area is 130 Å². The summed E-state index contributed by atoms with van der Waals surface area (Å²) in [4.78, 5) is 12.3. The minimum atomic E-state index is -2.99. The van der Waals surface area contributed by atoms with Gasteiger partial charge in [-0.25, -0.2) is 8.42 Å². The smallest absolute Gasteiger partial charge is 0.269 e. The molecule has 1 fully saturated rings. The third-order valence-corrected chi connectivity index (χ3v) is 6.00. The second-order valence-electron chi connectivity index (χ2n) is 5.93. The van der Waals surface area contributed by atoms with Gasteiger partial charge in [0.15, 0.2) is 9.84 Å². The maximum absolute atomic E-state index is 11.8. The van der Waals surface area contributed by atoms with E-state index in [2.05, 4.69) is 11.5 Å². The van der Waals surface area contributed by atoms with Gasteiger partial charge in [-0.15, -0.1) is 6.58 Å². The van der Waals surface area contributed by atoms with Crippen LogP contribution in [0.15, 0.2) is 36.9 Å². The van der Waals surface area contributed by atoms with Crippen LogP contribution in [0, 0.1) is 10.1 Å². The van der Waals surface area contributed by atoms with Gasteiger partial charge in [-0.2, -0.15) is 0 Å². The minimum absolute atomic E-state index is 0.0497. The first-order chi connectivity index (χ1) is 10.3. The van der Waals surface area contributed by atoms with Crippen LogP contribution in [0.25, 0.3) is 0 Å². The van der Waals surface area contributed by atoms with Crippen LogP contribution >= 0.6 is 0 Å². The highest BCUT2D eigenvalue weighted by Gasteiger charge is 2.42. The first-order valence-electron chi connectivity index (χ1n) is 7.05. The van der Waals surface area contributed by atoms with Gasteiger partial charge < -0.3 is 0 Å². The quantitative estimate of drug-likeness (QED) is 0.455. The van der Waals surface area contributed by atoms with Crippen molar-refractivity contribution in [3.05, 3.63) is 52.6 Å². The molecular formula is C15H20N2O4S. The molecule has 1 aliphatic rings. The van der Waals surface area contributed by atoms with Crippen LogP contribution in [0.4, 0.5) is 5.69 Å². The number of rotatable bonds is 6. The largest absolute Gasteiger partial charge is 0.289 e. The normalized spacial score (nSPS) is 23.5. The predicted molar refractivity (Wildman–Crippen MR) is 85.4 cm³/mol. The number of nitro benzene ring substituents is 1. The number of hydrogen-bond donors (Lipinski definition) is 0. The Morgan fingerprint density at radius 3 is 2.50 bits per heavy atom. The average molecular weight is 324 g/mol. The minimum Gasteiger partial charge on any atom is -0.289 e. The summed E-state index contributed by atoms with van der Waals surface area (Å²) in [5.74, 6) is 0.345. The molecule has 0 radical (unpaired) electrons. The highest BCUT2D eigenvalue weighted by molar-refractivity contribution is 7.91. The average Bonchev–Trinajstić information content (AvgIpc) is 2.74. The molecule has 0 aromatic heterocycles. The van der Waals surface area contributed by atoms with Crippen molar-refractivity contribution in [2.75, 3.05) is 18.1 Å². The Kier molecular flexibility index (Phi) is 4.67. The Morgan fingerprint density at radius 1 is 1.41 bits per heavy atom. The Bertz CT molecular complexity index is 669. The van der Waals surface area contributed by atoms with Gasteiger partial charge in [-0.05, 0) is 18.9 Å². The van der Waals surface area contributed by atoms with Crippen LogP contribution in [0.2, 0.25) is 0 Å². The zero-order chi connectivity index (χ0) is 16.4. The Hall–Kier alpha value is -1.73. The van der Waals surface area contributed by atoms with Gasteiger partial charge in [-0.3, -0.25) is 15.0 Å². The van der Waals surface area contributed by atoms with E-state index in [9.17, 15) is 18.5 Å². The lowest BCUT2D eigenvalue weighted by atomic mass is 9.98. The number of non-ortho nitro benzene ring substituents is 1. The second kappa shape index (κ2) is 6.18. The number of nitro groups is 1. The summed E-state index contributed by atoms with van der Waals surface area (Å²) in [6.45, 7) is 6.80. The molecule has 2 rings (SSSR count). The van der Waals surface area contributed by atoms with Gasteiger partial charge in [0.2, 0.25) is 0 Å². The van der Waals surface area contributed by atoms with Gasteiger partial charge in [0.1, 0.15) is 0 Å². The van der Waals surface area contributed by atoms with Gasteiger partial charge in [0.25, 0.3) is 5.69 Å². The van der Waals surface area contributed by atoms with Gasteiger partial charge in [0.05, 0.1) is 16.4 Å². The number of hydrogen-bond acceptors (Lipinski definition) is 5. The van der Waals surface area contributed by atoms with Crippen LogP contribution in [-0.2, 0) is 16.4 Å². The fourth-order valence-electron chi connectivity index (χ4n) is 2.82. The van der Waals surface area contributed by atoms with Crippen molar-refractivity contribution in [1.29, 1.82) is 0 Å². The van der Waals surface area contributed by atoms with Gasteiger partial charge >= 0.3 is 0 Å². The summed E-state index contributed by atoms with van der Waals surface area (Å²) in [5, 5.41) is 10.7. The molecule has 1 aromatic rings. The molecule has 1 atom stereocenters. The SMILES string of the molecule is C=CCN(Cc1ccc([N+](=O)[O-])cc1)[C@@]1(C)CCS(=O)(=O)C1. The van der Waals surface area contributed by atoms with Crippen molar-refractivity contribution in [3.8, 4) is 0 Å². The van der Waals surface area contributed by atoms with Crippen molar-refractivity contribution in [1.82, 2.24) is 4.90 Å². The summed E-state index contributed by atoms with van der Waals surface area (Å²) in [6.07, 6.45) is 2.34. The Morgan fingerprint density at radius 2 is 2.05 bits per heavy atom. The lowest BCUT2D eigenvalue weighted by molar-refractivity contribution is -0.384. The molecule has 1 saturated heterocycles. The molecule has 0 spiro atoms. The van der Waals surface area contributed by atoms with Crippen LogP contribution < -0.4 is 0 Å². The van der Waals surface area contributed by atoms with E-state index in [0.29, 0.717) is 19.5 Å². The molecule has 7 heteroatoms. The topological polar surface area (TPSA) is 80.5 Å². The van der Waals surface area contributed by atoms with E-state index in [1.54, 1.807) is 18.2 Å². The third kappa shape index (κ3) is 3.72. The summed E-state index contributed by atoms with van der Waals surface area (Å²) >= 11 is 0. The van der Waals surface area contributed by atoms with Crippen molar-refractivity contribution in [3.63, 3.8) is 0 Å². The summed E-state index contributed by atoms with van der Waals surface area (Å²) in [5.41, 5.74) is 0.543.